The van der Waals surface area contributed by atoms with E-state index in [0.29, 0.717) is 0 Å². The second kappa shape index (κ2) is 4.99. The van der Waals surface area contributed by atoms with Gasteiger partial charge in [-0.1, -0.05) is 30.3 Å². The molecule has 0 unspecified atom stereocenters. The molecule has 0 fully saturated rings. The molecule has 2 heteroatoms. The van der Waals surface area contributed by atoms with Gasteiger partial charge in [-0.15, -0.1) is 0 Å². The molecular weight excluding hydrogens is 263 g/mol. The summed E-state index contributed by atoms with van der Waals surface area (Å²) in [4.78, 5) is 10.0. The van der Waals surface area contributed by atoms with Crippen molar-refractivity contribution in [2.24, 2.45) is 0 Å². The van der Waals surface area contributed by atoms with Crippen LogP contribution in [0.3, 0.4) is 0 Å². The maximum absolute atomic E-state index is 10.0. The molecule has 0 aromatic heterocycles. The Kier molecular flexibility index (Phi) is 5.08. The van der Waals surface area contributed by atoms with Gasteiger partial charge in [0.1, 0.15) is 6.29 Å². The van der Waals surface area contributed by atoms with Crippen molar-refractivity contribution < 1.29 is 43.0 Å². The van der Waals surface area contributed by atoms with E-state index in [4.69, 9.17) is 0 Å². The molecule has 1 aromatic rings. The van der Waals surface area contributed by atoms with Gasteiger partial charge in [0, 0.05) is 43.7 Å². The fourth-order valence-corrected chi connectivity index (χ4v) is 0.532. The number of benzene rings is 1. The molecule has 0 amide bonds. The van der Waals surface area contributed by atoms with Gasteiger partial charge in [0.25, 0.3) is 0 Å². The quantitative estimate of drug-likeness (QED) is 0.706. The van der Waals surface area contributed by atoms with Gasteiger partial charge in [0.2, 0.25) is 0 Å². The van der Waals surface area contributed by atoms with Gasteiger partial charge in [-0.05, 0) is 0 Å². The molecule has 0 radical (unpaired) electrons. The van der Waals surface area contributed by atoms with Gasteiger partial charge < -0.3 is 0 Å². The van der Waals surface area contributed by atoms with Crippen LogP contribution in [0.25, 0.3) is 0 Å². The molecule has 0 atom stereocenters. The average Bonchev–Trinajstić information content (AvgIpc) is 1.90. The van der Waals surface area contributed by atoms with Crippen molar-refractivity contribution in [3.05, 3.63) is 35.9 Å². The van der Waals surface area contributed by atoms with Gasteiger partial charge in [-0.25, -0.2) is 0 Å². The fraction of sp³-hybridized carbons (Fsp3) is 0. The van der Waals surface area contributed by atoms with Crippen molar-refractivity contribution in [1.82, 2.24) is 0 Å². The van der Waals surface area contributed by atoms with Crippen LogP contribution in [0.15, 0.2) is 30.3 Å². The van der Waals surface area contributed by atoms with Crippen molar-refractivity contribution in [3.63, 3.8) is 0 Å². The first-order valence-corrected chi connectivity index (χ1v) is 2.44. The number of carbonyl (C=O) groups is 1. The van der Waals surface area contributed by atoms with E-state index < -0.39 is 0 Å². The molecule has 0 spiro atoms. The van der Waals surface area contributed by atoms with Crippen molar-refractivity contribution >= 4 is 6.29 Å². The van der Waals surface area contributed by atoms with Crippen molar-refractivity contribution in [3.8, 4) is 0 Å². The summed E-state index contributed by atoms with van der Waals surface area (Å²) in [6, 6.07) is 9.10. The third-order valence-electron chi connectivity index (χ3n) is 0.936. The second-order valence-corrected chi connectivity index (χ2v) is 1.53. The van der Waals surface area contributed by atoms with Crippen molar-refractivity contribution in [1.29, 1.82) is 0 Å². The Labute approximate surface area is 84.5 Å². The third-order valence-corrected chi connectivity index (χ3v) is 0.936. The van der Waals surface area contributed by atoms with Crippen molar-refractivity contribution in [2.45, 2.75) is 0 Å². The zero-order valence-electron chi connectivity index (χ0n) is 4.69. The Morgan fingerprint density at radius 1 is 1.11 bits per heavy atom. The molecule has 0 aliphatic carbocycles. The molecule has 50 valence electrons. The molecule has 0 saturated heterocycles. The first-order valence-electron chi connectivity index (χ1n) is 2.44. The average molecular weight is 269 g/mol. The fourth-order valence-electron chi connectivity index (χ4n) is 0.532. The summed E-state index contributed by atoms with van der Waals surface area (Å²) >= 11 is 0. The summed E-state index contributed by atoms with van der Waals surface area (Å²) < 4.78 is 0. The largest absolute Gasteiger partial charge is 0.298 e. The van der Waals surface area contributed by atoms with E-state index in [2.05, 4.69) is 0 Å². The molecule has 1 aromatic carbocycles. The van der Waals surface area contributed by atoms with E-state index in [-0.39, 0.29) is 38.2 Å². The molecule has 0 aliphatic rings. The van der Waals surface area contributed by atoms with Crippen LogP contribution in [0, 0.1) is 38.2 Å². The maximum atomic E-state index is 10.0. The number of hydrogen-bond acceptors (Lipinski definition) is 1. The van der Waals surface area contributed by atoms with Crippen molar-refractivity contribution in [2.75, 3.05) is 0 Å². The van der Waals surface area contributed by atoms with Gasteiger partial charge in [0.15, 0.2) is 0 Å². The zero-order valence-corrected chi connectivity index (χ0v) is 6.72. The van der Waals surface area contributed by atoms with E-state index in [0.717, 1.165) is 11.8 Å². The molecule has 0 saturated carbocycles. The van der Waals surface area contributed by atoms with E-state index in [9.17, 15) is 4.79 Å². The molecule has 1 rings (SSSR count). The third kappa shape index (κ3) is 3.00. The molecule has 0 bridgehead atoms. The predicted octanol–water partition coefficient (Wildman–Crippen LogP) is 1.50. The molecule has 9 heavy (non-hydrogen) atoms. The van der Waals surface area contributed by atoms with Crippen LogP contribution in [0.5, 0.6) is 0 Å². The van der Waals surface area contributed by atoms with Gasteiger partial charge in [-0.3, -0.25) is 4.79 Å². The summed E-state index contributed by atoms with van der Waals surface area (Å²) in [5, 5.41) is 0. The van der Waals surface area contributed by atoms with E-state index in [1.165, 1.54) is 0 Å². The minimum Gasteiger partial charge on any atom is -0.298 e. The summed E-state index contributed by atoms with van der Waals surface area (Å²) in [7, 11) is 0. The molecule has 0 N–H and O–H groups in total. The summed E-state index contributed by atoms with van der Waals surface area (Å²) in [6.07, 6.45) is 0.833. The van der Waals surface area contributed by atoms with Crippen LogP contribution in [-0.2, 0) is 0 Å². The van der Waals surface area contributed by atoms with Crippen LogP contribution in [0.4, 0.5) is 0 Å². The van der Waals surface area contributed by atoms with Crippen LogP contribution in [0.1, 0.15) is 10.4 Å². The first kappa shape index (κ1) is 9.16. The number of aldehydes is 1. The number of carbonyl (C=O) groups excluding carboxylic acids is 1. The smallest absolute Gasteiger partial charge is 0.150 e. The van der Waals surface area contributed by atoms with Crippen LogP contribution in [0.2, 0.25) is 0 Å². The van der Waals surface area contributed by atoms with Crippen LogP contribution < -0.4 is 0 Å². The Bertz CT molecular complexity index is 172. The summed E-state index contributed by atoms with van der Waals surface area (Å²) in [6.45, 7) is 0. The Morgan fingerprint density at radius 2 is 1.67 bits per heavy atom. The number of rotatable bonds is 1. The molecule has 1 nitrogen and oxygen atoms in total. The van der Waals surface area contributed by atoms with Crippen LogP contribution >= 0.6 is 0 Å². The van der Waals surface area contributed by atoms with Gasteiger partial charge >= 0.3 is 0 Å². The first-order chi connectivity index (χ1) is 3.93. The minimum absolute atomic E-state index is 0. The SMILES string of the molecule is O=Cc1ccccc1.[Dy]. The second-order valence-electron chi connectivity index (χ2n) is 1.53. The monoisotopic (exact) mass is 270 g/mol. The van der Waals surface area contributed by atoms with E-state index in [1.54, 1.807) is 12.1 Å². The van der Waals surface area contributed by atoms with E-state index >= 15 is 0 Å². The Hall–Kier alpha value is 0.163. The standard InChI is InChI=1S/C7H6O.Dy/c8-6-7-4-2-1-3-5-7;/h1-6H;. The van der Waals surface area contributed by atoms with E-state index in [1.807, 2.05) is 18.2 Å². The molecular formula is C7H6DyO. The molecule has 0 aliphatic heterocycles. The zero-order chi connectivity index (χ0) is 5.82. The predicted molar refractivity (Wildman–Crippen MR) is 31.8 cm³/mol. The van der Waals surface area contributed by atoms with Gasteiger partial charge in [-0.2, -0.15) is 0 Å². The normalized spacial score (nSPS) is 7.56. The number of hydrogen-bond donors (Lipinski definition) is 0. The summed E-state index contributed by atoms with van der Waals surface area (Å²) in [5.74, 6) is 0. The topological polar surface area (TPSA) is 17.1 Å². The van der Waals surface area contributed by atoms with Gasteiger partial charge in [0.05, 0.1) is 0 Å². The van der Waals surface area contributed by atoms with Crippen LogP contribution in [-0.4, -0.2) is 6.29 Å². The summed E-state index contributed by atoms with van der Waals surface area (Å²) in [5.41, 5.74) is 0.729. The minimum atomic E-state index is 0. The Balaban J connectivity index is 0.000000640. The Morgan fingerprint density at radius 3 is 2.00 bits per heavy atom. The molecule has 0 heterocycles. The maximum Gasteiger partial charge on any atom is 0.150 e.